The van der Waals surface area contributed by atoms with Crippen LogP contribution in [0.5, 0.6) is 11.5 Å². The molecule has 0 spiro atoms. The fraction of sp³-hybridized carbons (Fsp3) is 0.450. The van der Waals surface area contributed by atoms with Gasteiger partial charge in [0.25, 0.3) is 10.0 Å². The van der Waals surface area contributed by atoms with E-state index in [0.29, 0.717) is 48.1 Å². The van der Waals surface area contributed by atoms with E-state index in [0.717, 1.165) is 5.56 Å². The van der Waals surface area contributed by atoms with Gasteiger partial charge in [-0.1, -0.05) is 12.1 Å². The number of thiophene rings is 1. The Hall–Kier alpha value is -2.10. The van der Waals surface area contributed by atoms with Gasteiger partial charge in [-0.15, -0.1) is 11.3 Å². The summed E-state index contributed by atoms with van der Waals surface area (Å²) in [6, 6.07) is 8.99. The highest BCUT2D eigenvalue weighted by molar-refractivity contribution is 7.91. The Morgan fingerprint density at radius 3 is 2.72 bits per heavy atom. The van der Waals surface area contributed by atoms with Crippen molar-refractivity contribution in [3.05, 3.63) is 41.3 Å². The molecule has 1 aromatic carbocycles. The van der Waals surface area contributed by atoms with Crippen molar-refractivity contribution in [2.24, 2.45) is 5.92 Å². The van der Waals surface area contributed by atoms with Crippen LogP contribution in [-0.2, 0) is 21.2 Å². The van der Waals surface area contributed by atoms with Crippen LogP contribution in [0, 0.1) is 5.92 Å². The first-order valence-corrected chi connectivity index (χ1v) is 11.8. The smallest absolute Gasteiger partial charge is 0.252 e. The maximum atomic E-state index is 12.7. The van der Waals surface area contributed by atoms with Crippen molar-refractivity contribution in [3.8, 4) is 11.5 Å². The maximum Gasteiger partial charge on any atom is 0.252 e. The van der Waals surface area contributed by atoms with Crippen LogP contribution in [0.4, 0.5) is 0 Å². The van der Waals surface area contributed by atoms with E-state index in [9.17, 15) is 13.2 Å². The summed E-state index contributed by atoms with van der Waals surface area (Å²) in [5.74, 6) is 0.882. The number of nitrogens with one attached hydrogen (secondary N) is 1. The highest BCUT2D eigenvalue weighted by atomic mass is 32.2. The molecule has 1 saturated heterocycles. The van der Waals surface area contributed by atoms with Crippen molar-refractivity contribution in [2.75, 3.05) is 33.9 Å². The van der Waals surface area contributed by atoms with Gasteiger partial charge in [0.1, 0.15) is 4.21 Å². The first-order chi connectivity index (χ1) is 14.0. The number of hydrogen-bond acceptors (Lipinski definition) is 6. The summed E-state index contributed by atoms with van der Waals surface area (Å²) < 4.78 is 37.7. The number of carbonyl (C=O) groups excluding carboxylic acids is 1. The van der Waals surface area contributed by atoms with Gasteiger partial charge in [-0.25, -0.2) is 8.42 Å². The van der Waals surface area contributed by atoms with Gasteiger partial charge in [-0.3, -0.25) is 4.79 Å². The number of rotatable bonds is 8. The molecule has 2 aromatic rings. The lowest BCUT2D eigenvalue weighted by Gasteiger charge is -2.30. The molecule has 0 aliphatic carbocycles. The van der Waals surface area contributed by atoms with Gasteiger partial charge in [-0.05, 0) is 48.4 Å². The summed E-state index contributed by atoms with van der Waals surface area (Å²) in [5, 5.41) is 4.69. The largest absolute Gasteiger partial charge is 0.493 e. The minimum Gasteiger partial charge on any atom is -0.493 e. The number of piperidine rings is 1. The van der Waals surface area contributed by atoms with Crippen molar-refractivity contribution >= 4 is 27.3 Å². The standard InChI is InChI=1S/C20H26N2O5S2/c1-26-17-8-7-15(13-18(17)27-2)9-10-21-20(23)16-5-3-11-22(14-16)29(24,25)19-6-4-12-28-19/h4,6-8,12-13,16H,3,5,9-11,14H2,1-2H3,(H,21,23). The van der Waals surface area contributed by atoms with E-state index in [-0.39, 0.29) is 18.4 Å². The predicted octanol–water partition coefficient (Wildman–Crippen LogP) is 2.52. The molecule has 3 rings (SSSR count). The Bertz CT molecular complexity index is 928. The second kappa shape index (κ2) is 9.60. The molecule has 158 valence electrons. The van der Waals surface area contributed by atoms with Crippen molar-refractivity contribution in [1.29, 1.82) is 0 Å². The molecule has 1 atom stereocenters. The van der Waals surface area contributed by atoms with E-state index < -0.39 is 10.0 Å². The number of hydrogen-bond donors (Lipinski definition) is 1. The van der Waals surface area contributed by atoms with E-state index in [4.69, 9.17) is 9.47 Å². The molecule has 29 heavy (non-hydrogen) atoms. The fourth-order valence-electron chi connectivity index (χ4n) is 3.42. The number of nitrogens with zero attached hydrogens (tertiary/aromatic N) is 1. The van der Waals surface area contributed by atoms with Gasteiger partial charge in [-0.2, -0.15) is 4.31 Å². The Balaban J connectivity index is 1.54. The molecule has 1 unspecified atom stereocenters. The van der Waals surface area contributed by atoms with Crippen LogP contribution in [0.3, 0.4) is 0 Å². The predicted molar refractivity (Wildman–Crippen MR) is 112 cm³/mol. The molecule has 1 amide bonds. The van der Waals surface area contributed by atoms with Gasteiger partial charge >= 0.3 is 0 Å². The first kappa shape index (κ1) is 21.6. The van der Waals surface area contributed by atoms with Crippen LogP contribution in [0.1, 0.15) is 18.4 Å². The SMILES string of the molecule is COc1ccc(CCNC(=O)C2CCCN(S(=O)(=O)c3cccs3)C2)cc1OC. The molecule has 1 fully saturated rings. The summed E-state index contributed by atoms with van der Waals surface area (Å²) in [6.07, 6.45) is 2.02. The summed E-state index contributed by atoms with van der Waals surface area (Å²) in [4.78, 5) is 12.6. The third-order valence-corrected chi connectivity index (χ3v) is 8.24. The van der Waals surface area contributed by atoms with Gasteiger partial charge in [0, 0.05) is 19.6 Å². The van der Waals surface area contributed by atoms with Crippen LogP contribution >= 0.6 is 11.3 Å². The second-order valence-electron chi connectivity index (χ2n) is 6.86. The molecule has 0 radical (unpaired) electrons. The topological polar surface area (TPSA) is 84.9 Å². The lowest BCUT2D eigenvalue weighted by atomic mass is 9.99. The third kappa shape index (κ3) is 5.09. The molecular formula is C20H26N2O5S2. The van der Waals surface area contributed by atoms with E-state index in [1.807, 2.05) is 18.2 Å². The summed E-state index contributed by atoms with van der Waals surface area (Å²) in [6.45, 7) is 1.15. The van der Waals surface area contributed by atoms with Gasteiger partial charge < -0.3 is 14.8 Å². The van der Waals surface area contributed by atoms with Crippen molar-refractivity contribution in [3.63, 3.8) is 0 Å². The molecule has 9 heteroatoms. The van der Waals surface area contributed by atoms with E-state index in [1.54, 1.807) is 31.7 Å². The Kier molecular flexibility index (Phi) is 7.15. The number of carbonyl (C=O) groups is 1. The highest BCUT2D eigenvalue weighted by Gasteiger charge is 2.33. The average molecular weight is 439 g/mol. The summed E-state index contributed by atoms with van der Waals surface area (Å²) >= 11 is 1.20. The minimum absolute atomic E-state index is 0.100. The first-order valence-electron chi connectivity index (χ1n) is 9.48. The Labute approximate surface area is 175 Å². The number of benzene rings is 1. The lowest BCUT2D eigenvalue weighted by Crippen LogP contribution is -2.45. The quantitative estimate of drug-likeness (QED) is 0.685. The second-order valence-corrected chi connectivity index (χ2v) is 9.98. The average Bonchev–Trinajstić information content (AvgIpc) is 3.29. The zero-order chi connectivity index (χ0) is 20.9. The molecule has 1 aromatic heterocycles. The molecule has 7 nitrogen and oxygen atoms in total. The highest BCUT2D eigenvalue weighted by Crippen LogP contribution is 2.28. The normalized spacial score (nSPS) is 17.7. The molecule has 1 N–H and O–H groups in total. The summed E-state index contributed by atoms with van der Waals surface area (Å²) in [5.41, 5.74) is 1.02. The lowest BCUT2D eigenvalue weighted by molar-refractivity contribution is -0.126. The Morgan fingerprint density at radius 2 is 2.03 bits per heavy atom. The minimum atomic E-state index is -3.52. The van der Waals surface area contributed by atoms with Crippen LogP contribution in [0.25, 0.3) is 0 Å². The number of sulfonamides is 1. The monoisotopic (exact) mass is 438 g/mol. The maximum absolute atomic E-state index is 12.7. The van der Waals surface area contributed by atoms with Crippen molar-refractivity contribution < 1.29 is 22.7 Å². The van der Waals surface area contributed by atoms with Crippen LogP contribution in [0.2, 0.25) is 0 Å². The third-order valence-electron chi connectivity index (χ3n) is 5.00. The molecule has 0 bridgehead atoms. The Morgan fingerprint density at radius 1 is 1.24 bits per heavy atom. The van der Waals surface area contributed by atoms with E-state index in [1.165, 1.54) is 15.6 Å². The van der Waals surface area contributed by atoms with Crippen LogP contribution in [0.15, 0.2) is 39.9 Å². The molecule has 1 aliphatic rings. The molecular weight excluding hydrogens is 412 g/mol. The summed E-state index contributed by atoms with van der Waals surface area (Å²) in [7, 11) is -0.344. The number of methoxy groups -OCH3 is 2. The zero-order valence-electron chi connectivity index (χ0n) is 16.6. The van der Waals surface area contributed by atoms with E-state index in [2.05, 4.69) is 5.32 Å². The molecule has 0 saturated carbocycles. The van der Waals surface area contributed by atoms with E-state index >= 15 is 0 Å². The number of ether oxygens (including phenoxy) is 2. The van der Waals surface area contributed by atoms with Crippen molar-refractivity contribution in [1.82, 2.24) is 9.62 Å². The fourth-order valence-corrected chi connectivity index (χ4v) is 6.09. The molecule has 2 heterocycles. The van der Waals surface area contributed by atoms with Crippen LogP contribution < -0.4 is 14.8 Å². The van der Waals surface area contributed by atoms with Crippen LogP contribution in [-0.4, -0.2) is 52.5 Å². The zero-order valence-corrected chi connectivity index (χ0v) is 18.2. The molecule has 1 aliphatic heterocycles. The van der Waals surface area contributed by atoms with Gasteiger partial charge in [0.15, 0.2) is 11.5 Å². The van der Waals surface area contributed by atoms with Crippen molar-refractivity contribution in [2.45, 2.75) is 23.5 Å². The number of amides is 1. The van der Waals surface area contributed by atoms with Gasteiger partial charge in [0.2, 0.25) is 5.91 Å². The van der Waals surface area contributed by atoms with Gasteiger partial charge in [0.05, 0.1) is 20.1 Å².